The van der Waals surface area contributed by atoms with Gasteiger partial charge in [0.15, 0.2) is 11.5 Å². The molecule has 0 saturated carbocycles. The molecular weight excluding hydrogens is 411 g/mol. The monoisotopic (exact) mass is 430 g/mol. The zero-order valence-corrected chi connectivity index (χ0v) is 16.9. The van der Waals surface area contributed by atoms with Crippen molar-refractivity contribution in [2.24, 2.45) is 0 Å². The number of sulfonamides is 1. The van der Waals surface area contributed by atoms with E-state index in [0.717, 1.165) is 31.1 Å². The Hall–Kier alpha value is -1.51. The quantitative estimate of drug-likeness (QED) is 0.619. The smallest absolute Gasteiger partial charge is 0.243 e. The van der Waals surface area contributed by atoms with Crippen molar-refractivity contribution in [1.29, 1.82) is 0 Å². The Morgan fingerprint density at radius 1 is 1.00 bits per heavy atom. The standard InChI is InChI=1S/C18H19ClN2O4S.ClH/c19-15-2-4-16(5-3-15)26(22,23)21-9-7-20(8-10-21)12-14-1-6-17-18(11-14)25-13-24-17;/h1-6,11H,7-10,12-13H2;1H. The minimum Gasteiger partial charge on any atom is -1.00 e. The molecule has 0 spiro atoms. The third kappa shape index (κ3) is 4.33. The Balaban J connectivity index is 0.00000210. The van der Waals surface area contributed by atoms with Crippen molar-refractivity contribution >= 4 is 21.6 Å². The van der Waals surface area contributed by atoms with E-state index in [1.807, 2.05) is 18.2 Å². The van der Waals surface area contributed by atoms with Gasteiger partial charge in [0.05, 0.1) is 31.1 Å². The van der Waals surface area contributed by atoms with E-state index in [4.69, 9.17) is 21.1 Å². The predicted molar refractivity (Wildman–Crippen MR) is 97.2 cm³/mol. The molecule has 0 unspecified atom stereocenters. The number of nitrogens with one attached hydrogen (secondary N) is 1. The van der Waals surface area contributed by atoms with Crippen molar-refractivity contribution in [3.8, 4) is 11.5 Å². The largest absolute Gasteiger partial charge is 1.00 e. The average molecular weight is 431 g/mol. The molecule has 0 amide bonds. The van der Waals surface area contributed by atoms with Gasteiger partial charge in [-0.2, -0.15) is 4.31 Å². The third-order valence-electron chi connectivity index (χ3n) is 4.77. The molecule has 6 nitrogen and oxygen atoms in total. The minimum atomic E-state index is -3.46. The number of fused-ring (bicyclic) bond motifs is 1. The summed E-state index contributed by atoms with van der Waals surface area (Å²) in [5.74, 6) is 1.56. The van der Waals surface area contributed by atoms with Crippen molar-refractivity contribution in [3.63, 3.8) is 0 Å². The summed E-state index contributed by atoms with van der Waals surface area (Å²) >= 11 is 5.85. The maximum Gasteiger partial charge on any atom is 0.243 e. The van der Waals surface area contributed by atoms with Gasteiger partial charge >= 0.3 is 0 Å². The number of halogens is 2. The summed E-state index contributed by atoms with van der Waals surface area (Å²) in [6.45, 7) is 3.65. The SMILES string of the molecule is O=S(=O)(c1ccc(Cl)cc1)N1CC[NH+](Cc2ccc3c(c2)OCO3)CC1.[Cl-]. The van der Waals surface area contributed by atoms with Gasteiger partial charge in [-0.1, -0.05) is 11.6 Å². The molecule has 0 radical (unpaired) electrons. The van der Waals surface area contributed by atoms with Gasteiger partial charge in [-0.05, 0) is 42.5 Å². The fraction of sp³-hybridized carbons (Fsp3) is 0.333. The Morgan fingerprint density at radius 2 is 1.67 bits per heavy atom. The number of rotatable bonds is 4. The lowest BCUT2D eigenvalue weighted by Gasteiger charge is -2.31. The zero-order chi connectivity index (χ0) is 18.1. The second-order valence-electron chi connectivity index (χ2n) is 6.47. The second kappa shape index (κ2) is 8.24. The van der Waals surface area contributed by atoms with E-state index >= 15 is 0 Å². The lowest BCUT2D eigenvalue weighted by molar-refractivity contribution is -0.917. The number of ether oxygens (including phenoxy) is 2. The lowest BCUT2D eigenvalue weighted by Crippen LogP contribution is -3.13. The third-order valence-corrected chi connectivity index (χ3v) is 6.94. The van der Waals surface area contributed by atoms with Crippen LogP contribution in [0.1, 0.15) is 5.56 Å². The van der Waals surface area contributed by atoms with E-state index in [0.29, 0.717) is 23.0 Å². The number of benzene rings is 2. The lowest BCUT2D eigenvalue weighted by atomic mass is 10.2. The molecule has 0 aliphatic carbocycles. The summed E-state index contributed by atoms with van der Waals surface area (Å²) < 4.78 is 37.8. The molecule has 2 aliphatic heterocycles. The van der Waals surface area contributed by atoms with Crippen LogP contribution in [0.5, 0.6) is 11.5 Å². The molecule has 146 valence electrons. The normalized spacial score (nSPS) is 17.5. The first-order valence-electron chi connectivity index (χ1n) is 8.50. The molecule has 2 aliphatic rings. The van der Waals surface area contributed by atoms with Gasteiger partial charge in [-0.3, -0.25) is 0 Å². The van der Waals surface area contributed by atoms with Crippen LogP contribution in [0, 0.1) is 0 Å². The molecule has 0 bridgehead atoms. The van der Waals surface area contributed by atoms with E-state index < -0.39 is 10.0 Å². The Labute approximate surface area is 170 Å². The first-order chi connectivity index (χ1) is 12.5. The van der Waals surface area contributed by atoms with Gasteiger partial charge in [-0.25, -0.2) is 8.42 Å². The van der Waals surface area contributed by atoms with Gasteiger partial charge in [0.25, 0.3) is 0 Å². The minimum absolute atomic E-state index is 0. The van der Waals surface area contributed by atoms with Crippen molar-refractivity contribution in [2.75, 3.05) is 33.0 Å². The van der Waals surface area contributed by atoms with E-state index in [2.05, 4.69) is 0 Å². The molecule has 0 atom stereocenters. The van der Waals surface area contributed by atoms with Gasteiger partial charge < -0.3 is 26.8 Å². The topological polar surface area (TPSA) is 60.3 Å². The number of piperazine rings is 1. The van der Waals surface area contributed by atoms with Crippen LogP contribution in [0.3, 0.4) is 0 Å². The van der Waals surface area contributed by atoms with Crippen molar-refractivity contribution < 1.29 is 35.2 Å². The maximum absolute atomic E-state index is 12.7. The summed E-state index contributed by atoms with van der Waals surface area (Å²) in [6, 6.07) is 12.3. The highest BCUT2D eigenvalue weighted by atomic mass is 35.5. The zero-order valence-electron chi connectivity index (χ0n) is 14.5. The Bertz CT molecular complexity index is 898. The molecule has 2 heterocycles. The highest BCUT2D eigenvalue weighted by Crippen LogP contribution is 2.32. The highest BCUT2D eigenvalue weighted by molar-refractivity contribution is 7.89. The molecule has 1 N–H and O–H groups in total. The number of hydrogen-bond acceptors (Lipinski definition) is 4. The fourth-order valence-corrected chi connectivity index (χ4v) is 4.88. The number of quaternary nitrogens is 1. The molecule has 2 aromatic carbocycles. The first kappa shape index (κ1) is 20.2. The highest BCUT2D eigenvalue weighted by Gasteiger charge is 2.30. The van der Waals surface area contributed by atoms with Gasteiger partial charge in [-0.15, -0.1) is 0 Å². The van der Waals surface area contributed by atoms with E-state index in [9.17, 15) is 8.42 Å². The maximum atomic E-state index is 12.7. The Kier molecular flexibility index (Phi) is 6.18. The van der Waals surface area contributed by atoms with Crippen molar-refractivity contribution in [1.82, 2.24) is 4.31 Å². The number of hydrogen-bond donors (Lipinski definition) is 1. The summed E-state index contributed by atoms with van der Waals surface area (Å²) in [4.78, 5) is 1.65. The van der Waals surface area contributed by atoms with Crippen molar-refractivity contribution in [2.45, 2.75) is 11.4 Å². The molecule has 0 aromatic heterocycles. The van der Waals surface area contributed by atoms with Gasteiger partial charge in [0, 0.05) is 10.6 Å². The molecule has 2 aromatic rings. The van der Waals surface area contributed by atoms with Gasteiger partial charge in [0.1, 0.15) is 6.54 Å². The molecule has 4 rings (SSSR count). The second-order valence-corrected chi connectivity index (χ2v) is 8.85. The summed E-state index contributed by atoms with van der Waals surface area (Å²) in [6.07, 6.45) is 0. The fourth-order valence-electron chi connectivity index (χ4n) is 3.31. The molecule has 1 saturated heterocycles. The first-order valence-corrected chi connectivity index (χ1v) is 10.3. The number of nitrogens with zero attached hydrogens (tertiary/aromatic N) is 1. The van der Waals surface area contributed by atoms with E-state index in [1.54, 1.807) is 28.6 Å². The van der Waals surface area contributed by atoms with Crippen LogP contribution < -0.4 is 26.8 Å². The molecular formula is C18H20Cl2N2O4S. The van der Waals surface area contributed by atoms with Crippen LogP contribution >= 0.6 is 11.6 Å². The molecule has 1 fully saturated rings. The van der Waals surface area contributed by atoms with E-state index in [1.165, 1.54) is 10.5 Å². The molecule has 27 heavy (non-hydrogen) atoms. The predicted octanol–water partition coefficient (Wildman–Crippen LogP) is -1.84. The summed E-state index contributed by atoms with van der Waals surface area (Å²) in [5.41, 5.74) is 1.17. The van der Waals surface area contributed by atoms with Crippen LogP contribution in [0.4, 0.5) is 0 Å². The van der Waals surface area contributed by atoms with Gasteiger partial charge in [0.2, 0.25) is 16.8 Å². The summed E-state index contributed by atoms with van der Waals surface area (Å²) in [5, 5.41) is 0.530. The van der Waals surface area contributed by atoms with Crippen LogP contribution in [-0.4, -0.2) is 45.7 Å². The molecule has 9 heteroatoms. The van der Waals surface area contributed by atoms with Crippen LogP contribution in [-0.2, 0) is 16.6 Å². The summed E-state index contributed by atoms with van der Waals surface area (Å²) in [7, 11) is -3.46. The average Bonchev–Trinajstić information content (AvgIpc) is 3.10. The Morgan fingerprint density at radius 3 is 2.37 bits per heavy atom. The van der Waals surface area contributed by atoms with Crippen LogP contribution in [0.15, 0.2) is 47.4 Å². The van der Waals surface area contributed by atoms with Crippen LogP contribution in [0.2, 0.25) is 5.02 Å². The van der Waals surface area contributed by atoms with Crippen molar-refractivity contribution in [3.05, 3.63) is 53.1 Å². The van der Waals surface area contributed by atoms with Crippen LogP contribution in [0.25, 0.3) is 0 Å². The van der Waals surface area contributed by atoms with E-state index in [-0.39, 0.29) is 19.2 Å².